The number of ether oxygens (including phenoxy) is 2. The number of carbonyl (C=O) groups is 1. The fourth-order valence-electron chi connectivity index (χ4n) is 3.01. The molecule has 3 rings (SSSR count). The Bertz CT molecular complexity index is 1010. The molecule has 0 unspecified atom stereocenters. The number of aromatic nitrogens is 1. The zero-order chi connectivity index (χ0) is 21.5. The largest absolute Gasteiger partial charge is 0.443 e. The van der Waals surface area contributed by atoms with E-state index < -0.39 is 0 Å². The molecule has 0 fully saturated rings. The van der Waals surface area contributed by atoms with Crippen LogP contribution in [0.1, 0.15) is 26.7 Å². The number of nitrogens with one attached hydrogen (secondary N) is 1. The molecule has 1 amide bonds. The van der Waals surface area contributed by atoms with Crippen molar-refractivity contribution in [2.45, 2.75) is 26.7 Å². The van der Waals surface area contributed by atoms with Gasteiger partial charge in [-0.05, 0) is 32.4 Å². The van der Waals surface area contributed by atoms with Crippen LogP contribution in [0.5, 0.6) is 17.5 Å². The molecule has 0 radical (unpaired) electrons. The number of para-hydroxylation sites is 1. The second-order valence-corrected chi connectivity index (χ2v) is 6.85. The zero-order valence-corrected chi connectivity index (χ0v) is 17.6. The number of amides is 1. The summed E-state index contributed by atoms with van der Waals surface area (Å²) in [5.41, 5.74) is 3.22. The molecule has 2 aromatic rings. The maximum atomic E-state index is 12.4. The molecule has 1 aromatic carbocycles. The first kappa shape index (κ1) is 21.1. The molecule has 7 heteroatoms. The van der Waals surface area contributed by atoms with Gasteiger partial charge in [-0.1, -0.05) is 40.6 Å². The monoisotopic (exact) mass is 407 g/mol. The van der Waals surface area contributed by atoms with Crippen LogP contribution < -0.4 is 14.8 Å². The second kappa shape index (κ2) is 9.73. The third-order valence-electron chi connectivity index (χ3n) is 4.73. The highest BCUT2D eigenvalue weighted by Crippen LogP contribution is 2.32. The van der Waals surface area contributed by atoms with Gasteiger partial charge in [-0.3, -0.25) is 4.79 Å². The molecule has 0 spiro atoms. The summed E-state index contributed by atoms with van der Waals surface area (Å²) >= 11 is 0. The number of nitrogens with zero attached hydrogens (tertiary/aromatic N) is 2. The number of pyridine rings is 1. The van der Waals surface area contributed by atoms with E-state index in [-0.39, 0.29) is 11.6 Å². The van der Waals surface area contributed by atoms with E-state index in [0.717, 1.165) is 0 Å². The van der Waals surface area contributed by atoms with Gasteiger partial charge >= 0.3 is 0 Å². The summed E-state index contributed by atoms with van der Waals surface area (Å²) in [4.78, 5) is 21.7. The quantitative estimate of drug-likeness (QED) is 0.418. The predicted octanol–water partition coefficient (Wildman–Crippen LogP) is 4.39. The van der Waals surface area contributed by atoms with Gasteiger partial charge in [0.25, 0.3) is 5.91 Å². The van der Waals surface area contributed by atoms with Crippen LogP contribution in [0.25, 0.3) is 0 Å². The van der Waals surface area contributed by atoms with Gasteiger partial charge < -0.3 is 19.6 Å². The normalized spacial score (nSPS) is 14.5. The Morgan fingerprint density at radius 2 is 1.63 bits per heavy atom. The summed E-state index contributed by atoms with van der Waals surface area (Å²) in [6.07, 6.45) is 1.09. The number of benzene rings is 1. The molecule has 1 aromatic heterocycles. The SMILES string of the molecule is CNC(=O)/C(=N\OC)C1=C(Oc2cccc(Oc3ccccc3)n2)CC(C)=C(C)C1. The summed E-state index contributed by atoms with van der Waals surface area (Å²) in [6, 6.07) is 14.7. The number of allylic oxidation sites excluding steroid dienone is 2. The summed E-state index contributed by atoms with van der Waals surface area (Å²) in [5.74, 6) is 1.74. The van der Waals surface area contributed by atoms with Crippen LogP contribution in [-0.4, -0.2) is 30.8 Å². The van der Waals surface area contributed by atoms with E-state index in [9.17, 15) is 4.79 Å². The lowest BCUT2D eigenvalue weighted by atomic mass is 9.89. The third kappa shape index (κ3) is 5.05. The number of oxime groups is 1. The summed E-state index contributed by atoms with van der Waals surface area (Å²) < 4.78 is 11.9. The van der Waals surface area contributed by atoms with Crippen molar-refractivity contribution >= 4 is 11.6 Å². The van der Waals surface area contributed by atoms with Crippen molar-refractivity contribution in [3.63, 3.8) is 0 Å². The first-order chi connectivity index (χ1) is 14.5. The topological polar surface area (TPSA) is 82.0 Å². The first-order valence-corrected chi connectivity index (χ1v) is 9.60. The van der Waals surface area contributed by atoms with Gasteiger partial charge in [0.15, 0.2) is 5.71 Å². The van der Waals surface area contributed by atoms with Crippen LogP contribution in [0.3, 0.4) is 0 Å². The standard InChI is InChI=1S/C23H25N3O4/c1-15-13-18(22(26-28-4)23(27)24-3)19(14-16(15)2)30-21-12-8-11-20(25-21)29-17-9-6-5-7-10-17/h5-12H,13-14H2,1-4H3,(H,24,27)/b26-22-. The molecule has 0 saturated heterocycles. The van der Waals surface area contributed by atoms with Gasteiger partial charge in [0.05, 0.1) is 0 Å². The van der Waals surface area contributed by atoms with E-state index >= 15 is 0 Å². The van der Waals surface area contributed by atoms with E-state index in [1.54, 1.807) is 25.2 Å². The van der Waals surface area contributed by atoms with Crippen LogP contribution in [0, 0.1) is 0 Å². The predicted molar refractivity (Wildman–Crippen MR) is 115 cm³/mol. The molecule has 0 saturated carbocycles. The van der Waals surface area contributed by atoms with Crippen molar-refractivity contribution in [1.29, 1.82) is 0 Å². The van der Waals surface area contributed by atoms with E-state index in [2.05, 4.69) is 15.5 Å². The van der Waals surface area contributed by atoms with Crippen molar-refractivity contribution < 1.29 is 19.1 Å². The molecule has 1 aliphatic rings. The molecular weight excluding hydrogens is 382 g/mol. The van der Waals surface area contributed by atoms with Crippen LogP contribution >= 0.6 is 0 Å². The minimum absolute atomic E-state index is 0.193. The molecule has 0 bridgehead atoms. The van der Waals surface area contributed by atoms with E-state index in [1.807, 2.05) is 44.2 Å². The first-order valence-electron chi connectivity index (χ1n) is 9.60. The molecule has 0 aliphatic heterocycles. The lowest BCUT2D eigenvalue weighted by molar-refractivity contribution is -0.114. The van der Waals surface area contributed by atoms with Crippen LogP contribution in [0.15, 0.2) is 76.2 Å². The molecular formula is C23H25N3O4. The van der Waals surface area contributed by atoms with Crippen LogP contribution in [0.2, 0.25) is 0 Å². The van der Waals surface area contributed by atoms with Crippen molar-refractivity contribution in [3.05, 3.63) is 71.0 Å². The molecule has 1 aliphatic carbocycles. The number of hydrogen-bond acceptors (Lipinski definition) is 6. The Balaban J connectivity index is 1.92. The van der Waals surface area contributed by atoms with Crippen molar-refractivity contribution in [1.82, 2.24) is 10.3 Å². The van der Waals surface area contributed by atoms with Gasteiger partial charge in [-0.25, -0.2) is 0 Å². The number of hydrogen-bond donors (Lipinski definition) is 1. The van der Waals surface area contributed by atoms with Crippen molar-refractivity contribution in [3.8, 4) is 17.5 Å². The molecule has 0 atom stereocenters. The Hall–Kier alpha value is -3.61. The fourth-order valence-corrected chi connectivity index (χ4v) is 3.01. The lowest BCUT2D eigenvalue weighted by Gasteiger charge is -2.23. The maximum absolute atomic E-state index is 12.4. The average molecular weight is 407 g/mol. The Morgan fingerprint density at radius 3 is 2.30 bits per heavy atom. The highest BCUT2D eigenvalue weighted by molar-refractivity contribution is 6.45. The van der Waals surface area contributed by atoms with Gasteiger partial charge in [0, 0.05) is 31.2 Å². The van der Waals surface area contributed by atoms with E-state index in [4.69, 9.17) is 14.3 Å². The molecule has 156 valence electrons. The van der Waals surface area contributed by atoms with Crippen LogP contribution in [-0.2, 0) is 9.63 Å². The Morgan fingerprint density at radius 1 is 0.967 bits per heavy atom. The van der Waals surface area contributed by atoms with Gasteiger partial charge in [-0.15, -0.1) is 0 Å². The van der Waals surface area contributed by atoms with Crippen molar-refractivity contribution in [2.24, 2.45) is 5.16 Å². The Labute approximate surface area is 176 Å². The minimum Gasteiger partial charge on any atom is -0.443 e. The average Bonchev–Trinajstić information content (AvgIpc) is 2.75. The summed E-state index contributed by atoms with van der Waals surface area (Å²) in [6.45, 7) is 4.08. The number of carbonyl (C=O) groups excluding carboxylic acids is 1. The van der Waals surface area contributed by atoms with E-state index in [0.29, 0.717) is 41.7 Å². The maximum Gasteiger partial charge on any atom is 0.273 e. The minimum atomic E-state index is -0.338. The van der Waals surface area contributed by atoms with Gasteiger partial charge in [0.2, 0.25) is 11.8 Å². The zero-order valence-electron chi connectivity index (χ0n) is 17.6. The van der Waals surface area contributed by atoms with Gasteiger partial charge in [0.1, 0.15) is 18.6 Å². The van der Waals surface area contributed by atoms with Gasteiger partial charge in [-0.2, -0.15) is 4.98 Å². The molecule has 7 nitrogen and oxygen atoms in total. The Kier molecular flexibility index (Phi) is 6.85. The lowest BCUT2D eigenvalue weighted by Crippen LogP contribution is -2.31. The third-order valence-corrected chi connectivity index (χ3v) is 4.73. The van der Waals surface area contributed by atoms with E-state index in [1.165, 1.54) is 18.3 Å². The molecule has 1 N–H and O–H groups in total. The summed E-state index contributed by atoms with van der Waals surface area (Å²) in [5, 5.41) is 6.55. The molecule has 30 heavy (non-hydrogen) atoms. The number of rotatable bonds is 7. The van der Waals surface area contributed by atoms with Crippen molar-refractivity contribution in [2.75, 3.05) is 14.2 Å². The second-order valence-electron chi connectivity index (χ2n) is 6.85. The highest BCUT2D eigenvalue weighted by Gasteiger charge is 2.26. The fraction of sp³-hybridized carbons (Fsp3) is 0.261. The summed E-state index contributed by atoms with van der Waals surface area (Å²) in [7, 11) is 2.96. The molecule has 1 heterocycles. The van der Waals surface area contributed by atoms with Crippen LogP contribution in [0.4, 0.5) is 0 Å². The highest BCUT2D eigenvalue weighted by atomic mass is 16.6. The smallest absolute Gasteiger partial charge is 0.273 e.